The maximum absolute atomic E-state index is 10.7. The maximum Gasteiger partial charge on any atom is 0.507 e. The highest BCUT2D eigenvalue weighted by Gasteiger charge is 2.19. The van der Waals surface area contributed by atoms with Crippen LogP contribution in [0.15, 0.2) is 0 Å². The Kier molecular flexibility index (Phi) is 4.06. The highest BCUT2D eigenvalue weighted by Crippen LogP contribution is 2.28. The fraction of sp³-hybridized carbons (Fsp3) is 0.900. The molecule has 1 aliphatic rings. The highest BCUT2D eigenvalue weighted by atomic mass is 16.7. The van der Waals surface area contributed by atoms with E-state index in [2.05, 4.69) is 11.7 Å². The molecule has 0 N–H and O–H groups in total. The van der Waals surface area contributed by atoms with Crippen LogP contribution in [0.25, 0.3) is 0 Å². The molecular weight excluding hydrogens is 168 g/mol. The molecule has 0 bridgehead atoms. The van der Waals surface area contributed by atoms with Crippen molar-refractivity contribution in [3.05, 3.63) is 0 Å². The van der Waals surface area contributed by atoms with Crippen LogP contribution in [0.2, 0.25) is 0 Å². The molecular formula is C10H18O3. The monoisotopic (exact) mass is 186 g/mol. The standard InChI is InChI=1S/C10H18O3/c1-8-3-5-9(6-4-8)7-13-10(11)12-2/h8-9H,3-7H2,1-2H3. The molecule has 1 aliphatic carbocycles. The number of hydrogen-bond acceptors (Lipinski definition) is 3. The van der Waals surface area contributed by atoms with E-state index in [4.69, 9.17) is 4.74 Å². The average molecular weight is 186 g/mol. The van der Waals surface area contributed by atoms with E-state index in [-0.39, 0.29) is 0 Å². The van der Waals surface area contributed by atoms with Gasteiger partial charge in [-0.05, 0) is 24.7 Å². The van der Waals surface area contributed by atoms with E-state index in [1.807, 2.05) is 0 Å². The van der Waals surface area contributed by atoms with Crippen molar-refractivity contribution in [2.75, 3.05) is 13.7 Å². The Morgan fingerprint density at radius 1 is 1.31 bits per heavy atom. The van der Waals surface area contributed by atoms with Crippen molar-refractivity contribution in [2.45, 2.75) is 32.6 Å². The Morgan fingerprint density at radius 3 is 2.46 bits per heavy atom. The van der Waals surface area contributed by atoms with Crippen molar-refractivity contribution in [1.82, 2.24) is 0 Å². The molecule has 0 aromatic carbocycles. The summed E-state index contributed by atoms with van der Waals surface area (Å²) in [5.74, 6) is 1.39. The van der Waals surface area contributed by atoms with Gasteiger partial charge in [0.15, 0.2) is 0 Å². The van der Waals surface area contributed by atoms with E-state index < -0.39 is 6.16 Å². The fourth-order valence-corrected chi connectivity index (χ4v) is 1.74. The molecule has 13 heavy (non-hydrogen) atoms. The van der Waals surface area contributed by atoms with Crippen LogP contribution in [0.1, 0.15) is 32.6 Å². The first-order valence-electron chi connectivity index (χ1n) is 4.93. The molecule has 3 nitrogen and oxygen atoms in total. The minimum absolute atomic E-state index is 0.527. The normalized spacial score (nSPS) is 28.2. The predicted octanol–water partition coefficient (Wildman–Crippen LogP) is 2.60. The fourth-order valence-electron chi connectivity index (χ4n) is 1.74. The van der Waals surface area contributed by atoms with Gasteiger partial charge in [-0.2, -0.15) is 0 Å². The third kappa shape index (κ3) is 3.66. The Balaban J connectivity index is 2.12. The summed E-state index contributed by atoms with van der Waals surface area (Å²) < 4.78 is 9.31. The Morgan fingerprint density at radius 2 is 1.92 bits per heavy atom. The summed E-state index contributed by atoms with van der Waals surface area (Å²) in [7, 11) is 1.34. The highest BCUT2D eigenvalue weighted by molar-refractivity contribution is 5.59. The molecule has 1 rings (SSSR count). The molecule has 0 aromatic rings. The largest absolute Gasteiger partial charge is 0.507 e. The van der Waals surface area contributed by atoms with Crippen molar-refractivity contribution in [3.8, 4) is 0 Å². The van der Waals surface area contributed by atoms with E-state index in [9.17, 15) is 4.79 Å². The third-order valence-corrected chi connectivity index (χ3v) is 2.74. The Hall–Kier alpha value is -0.730. The van der Waals surface area contributed by atoms with Gasteiger partial charge in [-0.25, -0.2) is 4.79 Å². The Bertz CT molecular complexity index is 160. The Labute approximate surface area is 79.4 Å². The first-order valence-corrected chi connectivity index (χ1v) is 4.93. The molecule has 0 spiro atoms. The van der Waals surface area contributed by atoms with Gasteiger partial charge in [0.25, 0.3) is 0 Å². The second kappa shape index (κ2) is 5.10. The second-order valence-corrected chi connectivity index (χ2v) is 3.89. The number of ether oxygens (including phenoxy) is 2. The summed E-state index contributed by atoms with van der Waals surface area (Å²) in [4.78, 5) is 10.7. The lowest BCUT2D eigenvalue weighted by atomic mass is 9.83. The minimum atomic E-state index is -0.557. The van der Waals surface area contributed by atoms with Crippen molar-refractivity contribution in [1.29, 1.82) is 0 Å². The SMILES string of the molecule is COC(=O)OCC1CCC(C)CC1. The van der Waals surface area contributed by atoms with Crippen LogP contribution in [0.4, 0.5) is 4.79 Å². The van der Waals surface area contributed by atoms with Crippen LogP contribution in [-0.4, -0.2) is 19.9 Å². The molecule has 0 aromatic heterocycles. The van der Waals surface area contributed by atoms with E-state index in [0.29, 0.717) is 12.5 Å². The van der Waals surface area contributed by atoms with Gasteiger partial charge in [-0.1, -0.05) is 19.8 Å². The number of methoxy groups -OCH3 is 1. The van der Waals surface area contributed by atoms with Crippen LogP contribution >= 0.6 is 0 Å². The predicted molar refractivity (Wildman–Crippen MR) is 49.5 cm³/mol. The summed E-state index contributed by atoms with van der Waals surface area (Å²) in [5, 5.41) is 0. The first-order chi connectivity index (χ1) is 6.22. The van der Waals surface area contributed by atoms with Crippen LogP contribution in [0.3, 0.4) is 0 Å². The molecule has 0 amide bonds. The molecule has 0 saturated heterocycles. The third-order valence-electron chi connectivity index (χ3n) is 2.74. The average Bonchev–Trinajstić information content (AvgIpc) is 2.16. The van der Waals surface area contributed by atoms with Gasteiger partial charge in [-0.3, -0.25) is 0 Å². The molecule has 76 valence electrons. The number of rotatable bonds is 2. The van der Waals surface area contributed by atoms with Crippen molar-refractivity contribution in [2.24, 2.45) is 11.8 Å². The number of carbonyl (C=O) groups is 1. The molecule has 1 saturated carbocycles. The van der Waals surface area contributed by atoms with E-state index in [1.54, 1.807) is 0 Å². The van der Waals surface area contributed by atoms with Gasteiger partial charge in [0.1, 0.15) is 0 Å². The van der Waals surface area contributed by atoms with Crippen LogP contribution in [-0.2, 0) is 9.47 Å². The molecule has 3 heteroatoms. The lowest BCUT2D eigenvalue weighted by Crippen LogP contribution is -2.19. The number of hydrogen-bond donors (Lipinski definition) is 0. The zero-order valence-corrected chi connectivity index (χ0v) is 8.41. The molecule has 0 unspecified atom stereocenters. The molecule has 1 fully saturated rings. The zero-order valence-electron chi connectivity index (χ0n) is 8.41. The molecule has 0 aliphatic heterocycles. The molecule has 0 heterocycles. The van der Waals surface area contributed by atoms with Gasteiger partial charge in [0.05, 0.1) is 13.7 Å². The van der Waals surface area contributed by atoms with Gasteiger partial charge in [0.2, 0.25) is 0 Å². The van der Waals surface area contributed by atoms with Crippen molar-refractivity contribution in [3.63, 3.8) is 0 Å². The van der Waals surface area contributed by atoms with E-state index in [0.717, 1.165) is 5.92 Å². The summed E-state index contributed by atoms with van der Waals surface area (Å²) >= 11 is 0. The van der Waals surface area contributed by atoms with Crippen LogP contribution in [0, 0.1) is 11.8 Å². The van der Waals surface area contributed by atoms with Crippen molar-refractivity contribution >= 4 is 6.16 Å². The quantitative estimate of drug-likeness (QED) is 0.622. The lowest BCUT2D eigenvalue weighted by Gasteiger charge is -2.25. The lowest BCUT2D eigenvalue weighted by molar-refractivity contribution is 0.0521. The second-order valence-electron chi connectivity index (χ2n) is 3.89. The first kappa shape index (κ1) is 10.4. The van der Waals surface area contributed by atoms with Gasteiger partial charge in [0, 0.05) is 0 Å². The van der Waals surface area contributed by atoms with Crippen LogP contribution in [0.5, 0.6) is 0 Å². The summed E-state index contributed by atoms with van der Waals surface area (Å²) in [5.41, 5.74) is 0. The maximum atomic E-state index is 10.7. The van der Waals surface area contributed by atoms with Crippen molar-refractivity contribution < 1.29 is 14.3 Å². The smallest absolute Gasteiger partial charge is 0.438 e. The van der Waals surface area contributed by atoms with E-state index >= 15 is 0 Å². The van der Waals surface area contributed by atoms with Gasteiger partial charge < -0.3 is 9.47 Å². The topological polar surface area (TPSA) is 35.5 Å². The number of carbonyl (C=O) groups excluding carboxylic acids is 1. The summed E-state index contributed by atoms with van der Waals surface area (Å²) in [6.45, 7) is 2.80. The van der Waals surface area contributed by atoms with Gasteiger partial charge >= 0.3 is 6.16 Å². The van der Waals surface area contributed by atoms with Crippen LogP contribution < -0.4 is 0 Å². The van der Waals surface area contributed by atoms with Gasteiger partial charge in [-0.15, -0.1) is 0 Å². The summed E-state index contributed by atoms with van der Waals surface area (Å²) in [6, 6.07) is 0. The minimum Gasteiger partial charge on any atom is -0.438 e. The zero-order chi connectivity index (χ0) is 9.68. The summed E-state index contributed by atoms with van der Waals surface area (Å²) in [6.07, 6.45) is 4.32. The molecule has 0 radical (unpaired) electrons. The van der Waals surface area contributed by atoms with E-state index in [1.165, 1.54) is 32.8 Å². The molecule has 0 atom stereocenters.